The largest absolute Gasteiger partial charge is 0.506 e. The number of carbonyl (C=O) groups is 1. The van der Waals surface area contributed by atoms with E-state index in [1.807, 2.05) is 0 Å². The molecule has 3 saturated heterocycles. The van der Waals surface area contributed by atoms with Gasteiger partial charge >= 0.3 is 0 Å². The van der Waals surface area contributed by atoms with E-state index in [-0.39, 0.29) is 27.7 Å². The van der Waals surface area contributed by atoms with Crippen molar-refractivity contribution in [2.24, 2.45) is 5.92 Å². The lowest BCUT2D eigenvalue weighted by Gasteiger charge is -2.41. The molecule has 0 unspecified atom stereocenters. The molecule has 0 amide bonds. The van der Waals surface area contributed by atoms with Gasteiger partial charge in [-0.3, -0.25) is 4.79 Å². The number of halogens is 2. The Morgan fingerprint density at radius 3 is 2.45 bits per heavy atom. The molecule has 6 heteroatoms. The number of Topliss-reactive ketones (excluding diaryl/α,β-unsaturated/α-hetero) is 1. The molecule has 106 valence electrons. The first-order valence-corrected chi connectivity index (χ1v) is 7.98. The second-order valence-corrected chi connectivity index (χ2v) is 6.76. The molecule has 0 radical (unpaired) electrons. The fourth-order valence-electron chi connectivity index (χ4n) is 2.78. The SMILES string of the molecule is O=C1/C(=C/c2cc(Br)c(O)c(Br)c2O)N2CCC1CC2. The van der Waals surface area contributed by atoms with Crippen LogP contribution in [0.1, 0.15) is 18.4 Å². The number of phenols is 2. The third-order valence-electron chi connectivity index (χ3n) is 3.95. The van der Waals surface area contributed by atoms with E-state index in [9.17, 15) is 15.0 Å². The average molecular weight is 403 g/mol. The lowest BCUT2D eigenvalue weighted by Crippen LogP contribution is -2.45. The topological polar surface area (TPSA) is 60.8 Å². The predicted octanol–water partition coefficient (Wildman–Crippen LogP) is 3.26. The van der Waals surface area contributed by atoms with Crippen molar-refractivity contribution in [3.05, 3.63) is 26.3 Å². The minimum absolute atomic E-state index is 0.0542. The summed E-state index contributed by atoms with van der Waals surface area (Å²) in [6.07, 6.45) is 3.55. The number of hydrogen-bond acceptors (Lipinski definition) is 4. The zero-order chi connectivity index (χ0) is 14.4. The van der Waals surface area contributed by atoms with Crippen LogP contribution in [0, 0.1) is 5.92 Å². The predicted molar refractivity (Wildman–Crippen MR) is 82.5 cm³/mol. The molecule has 3 aliphatic heterocycles. The number of benzene rings is 1. The van der Waals surface area contributed by atoms with Crippen LogP contribution in [0.4, 0.5) is 0 Å². The Kier molecular flexibility index (Phi) is 3.54. The van der Waals surface area contributed by atoms with Crippen molar-refractivity contribution < 1.29 is 15.0 Å². The van der Waals surface area contributed by atoms with Gasteiger partial charge in [0, 0.05) is 24.6 Å². The van der Waals surface area contributed by atoms with Gasteiger partial charge in [-0.25, -0.2) is 0 Å². The molecule has 20 heavy (non-hydrogen) atoms. The van der Waals surface area contributed by atoms with Crippen LogP contribution in [0.3, 0.4) is 0 Å². The summed E-state index contributed by atoms with van der Waals surface area (Å²) in [6.45, 7) is 1.78. The Hall–Kier alpha value is -1.01. The molecule has 3 heterocycles. The van der Waals surface area contributed by atoms with Gasteiger partial charge in [-0.05, 0) is 56.8 Å². The second-order valence-electron chi connectivity index (χ2n) is 5.11. The molecular formula is C14H13Br2NO3. The van der Waals surface area contributed by atoms with Gasteiger partial charge in [-0.2, -0.15) is 0 Å². The van der Waals surface area contributed by atoms with Crippen LogP contribution in [-0.4, -0.2) is 34.0 Å². The van der Waals surface area contributed by atoms with Gasteiger partial charge in [-0.1, -0.05) is 0 Å². The zero-order valence-electron chi connectivity index (χ0n) is 10.6. The maximum atomic E-state index is 12.3. The fraction of sp³-hybridized carbons (Fsp3) is 0.357. The summed E-state index contributed by atoms with van der Waals surface area (Å²) in [5, 5.41) is 19.8. The Morgan fingerprint density at radius 2 is 1.85 bits per heavy atom. The molecule has 1 aromatic carbocycles. The zero-order valence-corrected chi connectivity index (χ0v) is 13.7. The monoisotopic (exact) mass is 401 g/mol. The summed E-state index contributed by atoms with van der Waals surface area (Å²) in [6, 6.07) is 1.61. The lowest BCUT2D eigenvalue weighted by atomic mass is 9.84. The first kappa shape index (κ1) is 13.9. The Balaban J connectivity index is 2.07. The number of phenolic OH excluding ortho intramolecular Hbond substituents is 2. The fourth-order valence-corrected chi connectivity index (χ4v) is 3.94. The molecule has 1 aromatic rings. The van der Waals surface area contributed by atoms with Gasteiger partial charge in [0.15, 0.2) is 5.78 Å². The van der Waals surface area contributed by atoms with Crippen LogP contribution < -0.4 is 0 Å². The van der Waals surface area contributed by atoms with Crippen LogP contribution in [0.2, 0.25) is 0 Å². The highest BCUT2D eigenvalue weighted by atomic mass is 79.9. The van der Waals surface area contributed by atoms with Crippen molar-refractivity contribution in [2.75, 3.05) is 13.1 Å². The highest BCUT2D eigenvalue weighted by Crippen LogP contribution is 2.43. The Bertz CT molecular complexity index is 619. The molecule has 3 aliphatic rings. The number of rotatable bonds is 1. The smallest absolute Gasteiger partial charge is 0.182 e. The van der Waals surface area contributed by atoms with Gasteiger partial charge in [0.1, 0.15) is 16.0 Å². The van der Waals surface area contributed by atoms with Crippen LogP contribution >= 0.6 is 31.9 Å². The van der Waals surface area contributed by atoms with Gasteiger partial charge in [0.25, 0.3) is 0 Å². The molecule has 4 nitrogen and oxygen atoms in total. The van der Waals surface area contributed by atoms with Gasteiger partial charge in [0.05, 0.1) is 10.2 Å². The molecule has 0 atom stereocenters. The number of carbonyl (C=O) groups excluding carboxylic acids is 1. The van der Waals surface area contributed by atoms with Gasteiger partial charge in [-0.15, -0.1) is 0 Å². The summed E-state index contributed by atoms with van der Waals surface area (Å²) < 4.78 is 0.694. The van der Waals surface area contributed by atoms with E-state index in [4.69, 9.17) is 0 Å². The minimum atomic E-state index is -0.0614. The molecule has 2 bridgehead atoms. The Morgan fingerprint density at radius 1 is 1.20 bits per heavy atom. The Labute approximate surface area is 133 Å². The number of nitrogens with zero attached hydrogens (tertiary/aromatic N) is 1. The van der Waals surface area contributed by atoms with Crippen LogP contribution in [0.5, 0.6) is 11.5 Å². The number of piperidine rings is 3. The quantitative estimate of drug-likeness (QED) is 0.708. The second kappa shape index (κ2) is 5.07. The first-order chi connectivity index (χ1) is 9.49. The number of fused-ring (bicyclic) bond motifs is 3. The molecule has 0 aliphatic carbocycles. The standard InChI is InChI=1S/C14H13Br2NO3/c15-9-5-8(13(19)11(16)14(9)20)6-10-12(18)7-1-3-17(10)4-2-7/h5-7,19-20H,1-4H2/b10-6-. The third-order valence-corrected chi connectivity index (χ3v) is 5.30. The molecule has 3 fully saturated rings. The highest BCUT2D eigenvalue weighted by molar-refractivity contribution is 9.11. The van der Waals surface area contributed by atoms with Crippen LogP contribution in [0.25, 0.3) is 6.08 Å². The highest BCUT2D eigenvalue weighted by Gasteiger charge is 2.36. The third kappa shape index (κ3) is 2.15. The molecule has 0 spiro atoms. The summed E-state index contributed by atoms with van der Waals surface area (Å²) >= 11 is 6.38. The van der Waals surface area contributed by atoms with Gasteiger partial charge in [0.2, 0.25) is 0 Å². The van der Waals surface area contributed by atoms with Crippen molar-refractivity contribution in [3.8, 4) is 11.5 Å². The van der Waals surface area contributed by atoms with Crippen molar-refractivity contribution in [1.82, 2.24) is 4.90 Å². The van der Waals surface area contributed by atoms with E-state index in [1.54, 1.807) is 12.1 Å². The maximum Gasteiger partial charge on any atom is 0.182 e. The molecule has 0 saturated carbocycles. The number of hydrogen-bond donors (Lipinski definition) is 2. The number of aromatic hydroxyl groups is 2. The summed E-state index contributed by atoms with van der Waals surface area (Å²) in [4.78, 5) is 14.3. The van der Waals surface area contributed by atoms with Crippen LogP contribution in [-0.2, 0) is 4.79 Å². The van der Waals surface area contributed by atoms with Crippen molar-refractivity contribution in [2.45, 2.75) is 12.8 Å². The summed E-state index contributed by atoms with van der Waals surface area (Å²) in [7, 11) is 0. The van der Waals surface area contributed by atoms with E-state index in [1.165, 1.54) is 0 Å². The van der Waals surface area contributed by atoms with E-state index >= 15 is 0 Å². The van der Waals surface area contributed by atoms with E-state index < -0.39 is 0 Å². The van der Waals surface area contributed by atoms with E-state index in [0.717, 1.165) is 25.9 Å². The lowest BCUT2D eigenvalue weighted by molar-refractivity contribution is -0.125. The summed E-state index contributed by atoms with van der Waals surface area (Å²) in [5.74, 6) is 0.162. The number of allylic oxidation sites excluding steroid dienone is 1. The number of ketones is 1. The molecule has 2 N–H and O–H groups in total. The first-order valence-electron chi connectivity index (χ1n) is 6.40. The van der Waals surface area contributed by atoms with Crippen molar-refractivity contribution in [3.63, 3.8) is 0 Å². The summed E-state index contributed by atoms with van der Waals surface area (Å²) in [5.41, 5.74) is 1.17. The average Bonchev–Trinajstić information content (AvgIpc) is 2.46. The normalized spacial score (nSPS) is 21.0. The van der Waals surface area contributed by atoms with Crippen LogP contribution in [0.15, 0.2) is 20.7 Å². The van der Waals surface area contributed by atoms with E-state index in [0.29, 0.717) is 15.7 Å². The van der Waals surface area contributed by atoms with Gasteiger partial charge < -0.3 is 15.1 Å². The van der Waals surface area contributed by atoms with Crippen molar-refractivity contribution in [1.29, 1.82) is 0 Å². The van der Waals surface area contributed by atoms with E-state index in [2.05, 4.69) is 36.8 Å². The molecule has 4 rings (SSSR count). The minimum Gasteiger partial charge on any atom is -0.506 e. The maximum absolute atomic E-state index is 12.3. The van der Waals surface area contributed by atoms with Crippen molar-refractivity contribution >= 4 is 43.7 Å². The molecule has 0 aromatic heterocycles. The molecular weight excluding hydrogens is 390 g/mol.